The summed E-state index contributed by atoms with van der Waals surface area (Å²) in [4.78, 5) is 24.1. The highest BCUT2D eigenvalue weighted by atomic mass is 35.5. The molecule has 5 rings (SSSR count). The summed E-state index contributed by atoms with van der Waals surface area (Å²) in [6, 6.07) is 11.2. The quantitative estimate of drug-likeness (QED) is 0.457. The lowest BCUT2D eigenvalue weighted by atomic mass is 10.2. The molecule has 7 nitrogen and oxygen atoms in total. The molecule has 0 aliphatic carbocycles. The Morgan fingerprint density at radius 1 is 1.12 bits per heavy atom. The number of aromatic nitrogens is 2. The van der Waals surface area contributed by atoms with Gasteiger partial charge < -0.3 is 14.6 Å². The first-order valence-corrected chi connectivity index (χ1v) is 12.6. The van der Waals surface area contributed by atoms with Crippen LogP contribution in [0.25, 0.3) is 17.1 Å². The Labute approximate surface area is 211 Å². The zero-order valence-corrected chi connectivity index (χ0v) is 20.7. The number of nitrogens with zero attached hydrogens (tertiary/aromatic N) is 4. The van der Waals surface area contributed by atoms with Gasteiger partial charge in [-0.15, -0.1) is 0 Å². The van der Waals surface area contributed by atoms with E-state index >= 15 is 0 Å². The van der Waals surface area contributed by atoms with E-state index in [1.165, 1.54) is 11.8 Å². The first-order valence-electron chi connectivity index (χ1n) is 11.1. The van der Waals surface area contributed by atoms with Gasteiger partial charge in [0.2, 0.25) is 0 Å². The van der Waals surface area contributed by atoms with Crippen molar-refractivity contribution in [1.82, 2.24) is 14.5 Å². The van der Waals surface area contributed by atoms with E-state index in [9.17, 15) is 4.79 Å². The number of amides is 1. The normalized spacial score (nSPS) is 18.1. The Hall–Kier alpha value is -2.36. The van der Waals surface area contributed by atoms with Gasteiger partial charge in [-0.2, -0.15) is 4.99 Å². The number of aliphatic imine (C=N–C) groups is 1. The van der Waals surface area contributed by atoms with Crippen molar-refractivity contribution in [3.63, 3.8) is 0 Å². The summed E-state index contributed by atoms with van der Waals surface area (Å²) in [5, 5.41) is 4.45. The molecule has 0 atom stereocenters. The lowest BCUT2D eigenvalue weighted by Gasteiger charge is -2.26. The molecule has 1 N–H and O–H groups in total. The summed E-state index contributed by atoms with van der Waals surface area (Å²) in [6.45, 7) is 5.55. The third-order valence-corrected chi connectivity index (χ3v) is 7.26. The molecule has 2 aromatic carbocycles. The third kappa shape index (κ3) is 5.31. The smallest absolute Gasteiger partial charge is 0.286 e. The molecule has 0 saturated carbocycles. The zero-order chi connectivity index (χ0) is 23.5. The van der Waals surface area contributed by atoms with Gasteiger partial charge in [-0.3, -0.25) is 9.69 Å². The lowest BCUT2D eigenvalue weighted by molar-refractivity contribution is -0.113. The van der Waals surface area contributed by atoms with Crippen LogP contribution in [-0.2, 0) is 16.1 Å². The van der Waals surface area contributed by atoms with Crippen molar-refractivity contribution in [3.8, 4) is 0 Å². The van der Waals surface area contributed by atoms with Crippen LogP contribution < -0.4 is 5.32 Å². The van der Waals surface area contributed by atoms with Crippen molar-refractivity contribution in [3.05, 3.63) is 63.2 Å². The average molecular weight is 516 g/mol. The fourth-order valence-electron chi connectivity index (χ4n) is 3.97. The number of amidine groups is 1. The second kappa shape index (κ2) is 10.5. The molecule has 1 saturated heterocycles. The second-order valence-corrected chi connectivity index (χ2v) is 9.89. The zero-order valence-electron chi connectivity index (χ0n) is 18.3. The van der Waals surface area contributed by atoms with E-state index in [2.05, 4.69) is 30.8 Å². The van der Waals surface area contributed by atoms with Crippen LogP contribution in [-0.4, -0.2) is 58.4 Å². The van der Waals surface area contributed by atoms with E-state index in [1.807, 2.05) is 24.5 Å². The van der Waals surface area contributed by atoms with Crippen LogP contribution in [0.4, 0.5) is 5.69 Å². The number of fused-ring (bicyclic) bond motifs is 1. The topological polar surface area (TPSA) is 71.8 Å². The molecule has 0 bridgehead atoms. The number of nitrogens with one attached hydrogen (secondary N) is 1. The Bertz CT molecular complexity index is 1260. The number of halogens is 2. The SMILES string of the molecule is O=C1N=C(Nc2c(Cl)cccc2Cl)S/C1=C\c1ccc2ncn(CCCN3CCOCC3)c2c1. The predicted molar refractivity (Wildman–Crippen MR) is 140 cm³/mol. The molecule has 0 unspecified atom stereocenters. The number of para-hydroxylation sites is 1. The number of carbonyl (C=O) groups is 1. The lowest BCUT2D eigenvalue weighted by Crippen LogP contribution is -2.37. The fraction of sp³-hybridized carbons (Fsp3) is 0.292. The van der Waals surface area contributed by atoms with Gasteiger partial charge in [0.1, 0.15) is 0 Å². The van der Waals surface area contributed by atoms with E-state index in [0.717, 1.165) is 62.4 Å². The van der Waals surface area contributed by atoms with E-state index in [4.69, 9.17) is 27.9 Å². The van der Waals surface area contributed by atoms with Gasteiger partial charge in [0.25, 0.3) is 5.91 Å². The monoisotopic (exact) mass is 515 g/mol. The maximum Gasteiger partial charge on any atom is 0.286 e. The summed E-state index contributed by atoms with van der Waals surface area (Å²) < 4.78 is 7.59. The number of hydrogen-bond acceptors (Lipinski definition) is 6. The number of carbonyl (C=O) groups excluding carboxylic acids is 1. The van der Waals surface area contributed by atoms with Crippen molar-refractivity contribution in [2.75, 3.05) is 38.2 Å². The minimum absolute atomic E-state index is 0.296. The number of morpholine rings is 1. The molecule has 2 aliphatic rings. The first-order chi connectivity index (χ1) is 16.6. The number of imidazole rings is 1. The summed E-state index contributed by atoms with van der Waals surface area (Å²) in [5.41, 5.74) is 3.44. The molecule has 0 radical (unpaired) electrons. The van der Waals surface area contributed by atoms with E-state index in [1.54, 1.807) is 18.2 Å². The number of ether oxygens (including phenoxy) is 1. The minimum Gasteiger partial charge on any atom is -0.379 e. The summed E-state index contributed by atoms with van der Waals surface area (Å²) >= 11 is 13.7. The van der Waals surface area contributed by atoms with Crippen molar-refractivity contribution in [2.45, 2.75) is 13.0 Å². The number of thioether (sulfide) groups is 1. The summed E-state index contributed by atoms with van der Waals surface area (Å²) in [5.74, 6) is -0.296. The molecule has 0 spiro atoms. The number of anilines is 1. The molecule has 176 valence electrons. The van der Waals surface area contributed by atoms with E-state index in [-0.39, 0.29) is 5.91 Å². The maximum absolute atomic E-state index is 12.5. The molecule has 1 fully saturated rings. The van der Waals surface area contributed by atoms with Crippen LogP contribution in [0.15, 0.2) is 52.6 Å². The van der Waals surface area contributed by atoms with Gasteiger partial charge in [-0.05, 0) is 54.1 Å². The van der Waals surface area contributed by atoms with Gasteiger partial charge in [-0.1, -0.05) is 35.3 Å². The van der Waals surface area contributed by atoms with Crippen molar-refractivity contribution in [2.24, 2.45) is 4.99 Å². The number of hydrogen-bond donors (Lipinski definition) is 1. The third-order valence-electron chi connectivity index (χ3n) is 5.74. The molecule has 10 heteroatoms. The molecule has 3 heterocycles. The molecular formula is C24H23Cl2N5O2S. The number of benzene rings is 2. The largest absolute Gasteiger partial charge is 0.379 e. The Morgan fingerprint density at radius 3 is 2.71 bits per heavy atom. The number of aryl methyl sites for hydroxylation is 1. The van der Waals surface area contributed by atoms with Crippen molar-refractivity contribution >= 4 is 68.8 Å². The highest BCUT2D eigenvalue weighted by molar-refractivity contribution is 8.18. The molecule has 2 aliphatic heterocycles. The Morgan fingerprint density at radius 2 is 1.91 bits per heavy atom. The van der Waals surface area contributed by atoms with Gasteiger partial charge >= 0.3 is 0 Å². The van der Waals surface area contributed by atoms with Crippen LogP contribution in [0, 0.1) is 0 Å². The van der Waals surface area contributed by atoms with Crippen LogP contribution >= 0.6 is 35.0 Å². The molecule has 1 amide bonds. The molecular weight excluding hydrogens is 493 g/mol. The van der Waals surface area contributed by atoms with Crippen LogP contribution in [0.1, 0.15) is 12.0 Å². The highest BCUT2D eigenvalue weighted by Crippen LogP contribution is 2.34. The fourth-order valence-corrected chi connectivity index (χ4v) is 5.28. The molecule has 1 aromatic heterocycles. The van der Waals surface area contributed by atoms with Gasteiger partial charge in [0.05, 0.1) is 51.2 Å². The van der Waals surface area contributed by atoms with E-state index in [0.29, 0.717) is 25.8 Å². The average Bonchev–Trinajstić information content (AvgIpc) is 3.40. The van der Waals surface area contributed by atoms with Crippen molar-refractivity contribution < 1.29 is 9.53 Å². The van der Waals surface area contributed by atoms with Gasteiger partial charge in [-0.25, -0.2) is 4.98 Å². The van der Waals surface area contributed by atoms with Crippen molar-refractivity contribution in [1.29, 1.82) is 0 Å². The highest BCUT2D eigenvalue weighted by Gasteiger charge is 2.23. The molecule has 3 aromatic rings. The molecule has 34 heavy (non-hydrogen) atoms. The number of rotatable bonds is 6. The van der Waals surface area contributed by atoms with Crippen LogP contribution in [0.2, 0.25) is 10.0 Å². The predicted octanol–water partition coefficient (Wildman–Crippen LogP) is 5.15. The Kier molecular flexibility index (Phi) is 7.22. The maximum atomic E-state index is 12.5. The van der Waals surface area contributed by atoms with Crippen LogP contribution in [0.3, 0.4) is 0 Å². The Balaban J connectivity index is 1.27. The van der Waals surface area contributed by atoms with Gasteiger partial charge in [0.15, 0.2) is 5.17 Å². The van der Waals surface area contributed by atoms with Crippen LogP contribution in [0.5, 0.6) is 0 Å². The van der Waals surface area contributed by atoms with E-state index < -0.39 is 0 Å². The van der Waals surface area contributed by atoms with Gasteiger partial charge in [0, 0.05) is 26.2 Å². The standard InChI is InChI=1S/C24H23Cl2N5O2S/c25-17-3-1-4-18(26)22(17)28-24-29-23(32)21(34-24)14-16-5-6-19-20(13-16)31(15-27-19)8-2-7-30-9-11-33-12-10-30/h1,3-6,13-15H,2,7-12H2,(H,28,29,32)/b21-14-. The summed E-state index contributed by atoms with van der Waals surface area (Å²) in [6.07, 6.45) is 4.78. The second-order valence-electron chi connectivity index (χ2n) is 8.05. The summed E-state index contributed by atoms with van der Waals surface area (Å²) in [7, 11) is 0. The first kappa shape index (κ1) is 23.4. The minimum atomic E-state index is -0.296.